The predicted octanol–water partition coefficient (Wildman–Crippen LogP) is 1.50. The molecule has 1 N–H and O–H groups in total. The normalized spacial score (nSPS) is 19.2. The predicted molar refractivity (Wildman–Crippen MR) is 75.0 cm³/mol. The summed E-state index contributed by atoms with van der Waals surface area (Å²) in [4.78, 5) is 2.52. The number of hydrogen-bond donors (Lipinski definition) is 1. The third kappa shape index (κ3) is 5.65. The molecule has 1 saturated carbocycles. The molecule has 0 aliphatic heterocycles. The van der Waals surface area contributed by atoms with Crippen molar-refractivity contribution >= 4 is 0 Å². The van der Waals surface area contributed by atoms with Crippen molar-refractivity contribution in [2.75, 3.05) is 40.5 Å². The van der Waals surface area contributed by atoms with Crippen LogP contribution in [0.25, 0.3) is 0 Å². The van der Waals surface area contributed by atoms with Gasteiger partial charge in [0.15, 0.2) is 0 Å². The fourth-order valence-electron chi connectivity index (χ4n) is 2.25. The maximum absolute atomic E-state index is 5.39. The molecule has 0 bridgehead atoms. The number of hydrogen-bond acceptors (Lipinski definition) is 4. The summed E-state index contributed by atoms with van der Waals surface area (Å²) in [5.41, 5.74) is 0. The Kier molecular flexibility index (Phi) is 7.82. The number of methoxy groups -OCH3 is 2. The molecule has 1 aliphatic carbocycles. The Balaban J connectivity index is 2.48. The smallest absolute Gasteiger partial charge is 0.0630 e. The fourth-order valence-corrected chi connectivity index (χ4v) is 2.25. The molecular weight excluding hydrogens is 228 g/mol. The lowest BCUT2D eigenvalue weighted by molar-refractivity contribution is 0.0427. The third-order valence-corrected chi connectivity index (χ3v) is 3.76. The monoisotopic (exact) mass is 258 g/mol. The van der Waals surface area contributed by atoms with Crippen LogP contribution in [0.1, 0.15) is 33.1 Å². The van der Waals surface area contributed by atoms with Gasteiger partial charge < -0.3 is 14.8 Å². The van der Waals surface area contributed by atoms with Gasteiger partial charge in [-0.3, -0.25) is 4.90 Å². The third-order valence-electron chi connectivity index (χ3n) is 3.76. The highest BCUT2D eigenvalue weighted by atomic mass is 16.5. The first-order chi connectivity index (χ1) is 8.72. The molecule has 1 fully saturated rings. The SMILES string of the molecule is CCC(C)N(CCOC)C(CNC1CC1)COC. The van der Waals surface area contributed by atoms with E-state index in [4.69, 9.17) is 9.47 Å². The molecular formula is C14H30N2O2. The Bertz CT molecular complexity index is 210. The van der Waals surface area contributed by atoms with Gasteiger partial charge in [-0.2, -0.15) is 0 Å². The second kappa shape index (κ2) is 8.86. The van der Waals surface area contributed by atoms with Gasteiger partial charge in [-0.1, -0.05) is 6.92 Å². The van der Waals surface area contributed by atoms with E-state index in [1.165, 1.54) is 12.8 Å². The molecule has 1 aliphatic rings. The van der Waals surface area contributed by atoms with Crippen molar-refractivity contribution in [2.45, 2.75) is 51.2 Å². The van der Waals surface area contributed by atoms with E-state index in [2.05, 4.69) is 24.1 Å². The van der Waals surface area contributed by atoms with Gasteiger partial charge in [0.25, 0.3) is 0 Å². The topological polar surface area (TPSA) is 33.7 Å². The first-order valence-electron chi connectivity index (χ1n) is 7.19. The van der Waals surface area contributed by atoms with Crippen LogP contribution in [0.3, 0.4) is 0 Å². The van der Waals surface area contributed by atoms with Gasteiger partial charge in [0.05, 0.1) is 13.2 Å². The summed E-state index contributed by atoms with van der Waals surface area (Å²) in [6.07, 6.45) is 3.83. The van der Waals surface area contributed by atoms with E-state index in [9.17, 15) is 0 Å². The van der Waals surface area contributed by atoms with Crippen molar-refractivity contribution in [3.8, 4) is 0 Å². The summed E-state index contributed by atoms with van der Waals surface area (Å²) in [6, 6.07) is 1.77. The molecule has 0 radical (unpaired) electrons. The summed E-state index contributed by atoms with van der Waals surface area (Å²) < 4.78 is 10.6. The van der Waals surface area contributed by atoms with Crippen molar-refractivity contribution < 1.29 is 9.47 Å². The van der Waals surface area contributed by atoms with Crippen molar-refractivity contribution in [2.24, 2.45) is 0 Å². The zero-order valence-corrected chi connectivity index (χ0v) is 12.4. The second-order valence-electron chi connectivity index (χ2n) is 5.28. The standard InChI is InChI=1S/C14H30N2O2/c1-5-12(2)16(8-9-17-3)14(11-18-4)10-15-13-6-7-13/h12-15H,5-11H2,1-4H3. The maximum atomic E-state index is 5.39. The Hall–Kier alpha value is -0.160. The summed E-state index contributed by atoms with van der Waals surface area (Å²) in [5.74, 6) is 0. The van der Waals surface area contributed by atoms with Crippen molar-refractivity contribution in [3.63, 3.8) is 0 Å². The van der Waals surface area contributed by atoms with Gasteiger partial charge >= 0.3 is 0 Å². The number of ether oxygens (including phenoxy) is 2. The molecule has 0 aromatic heterocycles. The molecule has 4 nitrogen and oxygen atoms in total. The van der Waals surface area contributed by atoms with E-state index in [0.717, 1.165) is 38.8 Å². The number of nitrogens with one attached hydrogen (secondary N) is 1. The number of nitrogens with zero attached hydrogens (tertiary/aromatic N) is 1. The molecule has 1 rings (SSSR count). The average molecular weight is 258 g/mol. The molecule has 0 aromatic carbocycles. The summed E-state index contributed by atoms with van der Waals surface area (Å²) >= 11 is 0. The van der Waals surface area contributed by atoms with E-state index in [-0.39, 0.29) is 0 Å². The lowest BCUT2D eigenvalue weighted by Gasteiger charge is -2.36. The largest absolute Gasteiger partial charge is 0.383 e. The minimum atomic E-state index is 0.445. The summed E-state index contributed by atoms with van der Waals surface area (Å²) in [5, 5.41) is 3.61. The first kappa shape index (κ1) is 15.9. The van der Waals surface area contributed by atoms with Crippen LogP contribution in [-0.4, -0.2) is 63.5 Å². The molecule has 0 saturated heterocycles. The van der Waals surface area contributed by atoms with Crippen LogP contribution < -0.4 is 5.32 Å². The highest BCUT2D eigenvalue weighted by molar-refractivity contribution is 4.85. The van der Waals surface area contributed by atoms with Crippen molar-refractivity contribution in [1.29, 1.82) is 0 Å². The molecule has 108 valence electrons. The second-order valence-corrected chi connectivity index (χ2v) is 5.28. The van der Waals surface area contributed by atoms with E-state index in [1.807, 2.05) is 0 Å². The first-order valence-corrected chi connectivity index (χ1v) is 7.19. The average Bonchev–Trinajstić information content (AvgIpc) is 3.19. The lowest BCUT2D eigenvalue weighted by atomic mass is 10.1. The Labute approximate surface area is 112 Å². The number of rotatable bonds is 11. The Morgan fingerprint density at radius 1 is 1.28 bits per heavy atom. The van der Waals surface area contributed by atoms with Crippen LogP contribution in [0.2, 0.25) is 0 Å². The lowest BCUT2D eigenvalue weighted by Crippen LogP contribution is -2.50. The summed E-state index contributed by atoms with van der Waals surface area (Å²) in [7, 11) is 3.55. The van der Waals surface area contributed by atoms with Crippen LogP contribution >= 0.6 is 0 Å². The Morgan fingerprint density at radius 2 is 2.00 bits per heavy atom. The van der Waals surface area contributed by atoms with Gasteiger partial charge in [0.1, 0.15) is 0 Å². The molecule has 2 atom stereocenters. The van der Waals surface area contributed by atoms with E-state index < -0.39 is 0 Å². The van der Waals surface area contributed by atoms with Gasteiger partial charge in [-0.25, -0.2) is 0 Å². The summed E-state index contributed by atoms with van der Waals surface area (Å²) in [6.45, 7) is 8.10. The molecule has 18 heavy (non-hydrogen) atoms. The van der Waals surface area contributed by atoms with Gasteiger partial charge in [0.2, 0.25) is 0 Å². The molecule has 0 aromatic rings. The van der Waals surface area contributed by atoms with Crippen LogP contribution in [-0.2, 0) is 9.47 Å². The minimum Gasteiger partial charge on any atom is -0.383 e. The fraction of sp³-hybridized carbons (Fsp3) is 1.00. The molecule has 4 heteroatoms. The zero-order chi connectivity index (χ0) is 13.4. The molecule has 2 unspecified atom stereocenters. The highest BCUT2D eigenvalue weighted by Crippen LogP contribution is 2.19. The molecule has 0 heterocycles. The highest BCUT2D eigenvalue weighted by Gasteiger charge is 2.26. The van der Waals surface area contributed by atoms with Gasteiger partial charge in [-0.15, -0.1) is 0 Å². The quantitative estimate of drug-likeness (QED) is 0.609. The zero-order valence-electron chi connectivity index (χ0n) is 12.4. The Morgan fingerprint density at radius 3 is 2.50 bits per heavy atom. The van der Waals surface area contributed by atoms with Crippen LogP contribution in [0, 0.1) is 0 Å². The van der Waals surface area contributed by atoms with E-state index in [0.29, 0.717) is 12.1 Å². The minimum absolute atomic E-state index is 0.445. The van der Waals surface area contributed by atoms with E-state index >= 15 is 0 Å². The maximum Gasteiger partial charge on any atom is 0.0630 e. The van der Waals surface area contributed by atoms with Crippen LogP contribution in [0.5, 0.6) is 0 Å². The van der Waals surface area contributed by atoms with E-state index in [1.54, 1.807) is 14.2 Å². The van der Waals surface area contributed by atoms with Crippen molar-refractivity contribution in [1.82, 2.24) is 10.2 Å². The van der Waals surface area contributed by atoms with Gasteiger partial charge in [-0.05, 0) is 26.2 Å². The van der Waals surface area contributed by atoms with Gasteiger partial charge in [0, 0.05) is 45.4 Å². The van der Waals surface area contributed by atoms with Crippen molar-refractivity contribution in [3.05, 3.63) is 0 Å². The van der Waals surface area contributed by atoms with Crippen LogP contribution in [0.4, 0.5) is 0 Å². The van der Waals surface area contributed by atoms with Crippen LogP contribution in [0.15, 0.2) is 0 Å². The molecule has 0 spiro atoms. The molecule has 0 amide bonds.